The van der Waals surface area contributed by atoms with Crippen LogP contribution in [0.4, 0.5) is 0 Å². The zero-order chi connectivity index (χ0) is 15.1. The fraction of sp³-hybridized carbons (Fsp3) is 0.500. The van der Waals surface area contributed by atoms with E-state index in [2.05, 4.69) is 20.5 Å². The molecule has 0 radical (unpaired) electrons. The molecule has 0 amide bonds. The number of hydrogen-bond donors (Lipinski definition) is 1. The average molecular weight is 289 g/mol. The minimum atomic E-state index is -0.834. The highest BCUT2D eigenvalue weighted by Crippen LogP contribution is 2.18. The number of aromatic nitrogens is 5. The molecule has 1 unspecified atom stereocenters. The third-order valence-corrected chi connectivity index (χ3v) is 3.27. The number of aliphatic carboxylic acids is 1. The van der Waals surface area contributed by atoms with E-state index in [-0.39, 0.29) is 12.5 Å². The van der Waals surface area contributed by atoms with Crippen LogP contribution in [0, 0.1) is 0 Å². The van der Waals surface area contributed by atoms with Crippen LogP contribution >= 0.6 is 0 Å². The van der Waals surface area contributed by atoms with Crippen molar-refractivity contribution >= 4 is 5.97 Å². The van der Waals surface area contributed by atoms with Gasteiger partial charge in [-0.2, -0.15) is 0 Å². The lowest BCUT2D eigenvalue weighted by Crippen LogP contribution is -2.18. The van der Waals surface area contributed by atoms with Crippen LogP contribution < -0.4 is 0 Å². The van der Waals surface area contributed by atoms with E-state index in [0.29, 0.717) is 12.2 Å². The molecule has 0 aromatic carbocycles. The number of carbonyl (C=O) groups is 1. The fourth-order valence-electron chi connectivity index (χ4n) is 2.29. The molecule has 0 spiro atoms. The number of aryl methyl sites for hydroxylation is 2. The van der Waals surface area contributed by atoms with Gasteiger partial charge in [0.2, 0.25) is 0 Å². The molecule has 0 aliphatic heterocycles. The Balaban J connectivity index is 2.07. The molecule has 7 heteroatoms. The lowest BCUT2D eigenvalue weighted by molar-refractivity contribution is -0.138. The Morgan fingerprint density at radius 1 is 1.38 bits per heavy atom. The molecule has 0 saturated carbocycles. The summed E-state index contributed by atoms with van der Waals surface area (Å²) >= 11 is 0. The van der Waals surface area contributed by atoms with E-state index in [4.69, 9.17) is 5.11 Å². The van der Waals surface area contributed by atoms with Gasteiger partial charge < -0.3 is 5.11 Å². The summed E-state index contributed by atoms with van der Waals surface area (Å²) in [4.78, 5) is 15.2. The van der Waals surface area contributed by atoms with Crippen LogP contribution in [-0.4, -0.2) is 36.3 Å². The smallest absolute Gasteiger partial charge is 0.305 e. The van der Waals surface area contributed by atoms with Crippen molar-refractivity contribution in [2.75, 3.05) is 0 Å². The zero-order valence-corrected chi connectivity index (χ0v) is 12.0. The number of nitrogens with zero attached hydrogens (tertiary/aromatic N) is 5. The highest BCUT2D eigenvalue weighted by atomic mass is 16.4. The largest absolute Gasteiger partial charge is 0.481 e. The quantitative estimate of drug-likeness (QED) is 0.794. The van der Waals surface area contributed by atoms with E-state index in [0.717, 1.165) is 25.0 Å². The Hall–Kier alpha value is -2.31. The maximum Gasteiger partial charge on any atom is 0.305 e. The maximum atomic E-state index is 11.0. The highest BCUT2D eigenvalue weighted by Gasteiger charge is 2.19. The van der Waals surface area contributed by atoms with Gasteiger partial charge in [0.05, 0.1) is 12.5 Å². The van der Waals surface area contributed by atoms with Gasteiger partial charge in [-0.05, 0) is 35.4 Å². The van der Waals surface area contributed by atoms with Crippen LogP contribution in [0.15, 0.2) is 24.4 Å². The molecular weight excluding hydrogens is 270 g/mol. The SMILES string of the molecule is CCCC(CC(=O)O)n1nnnc1CCc1ccccn1. The lowest BCUT2D eigenvalue weighted by atomic mass is 10.1. The van der Waals surface area contributed by atoms with E-state index in [9.17, 15) is 4.79 Å². The molecule has 1 atom stereocenters. The third kappa shape index (κ3) is 4.34. The molecule has 0 saturated heterocycles. The van der Waals surface area contributed by atoms with Crippen molar-refractivity contribution < 1.29 is 9.90 Å². The van der Waals surface area contributed by atoms with Crippen molar-refractivity contribution in [1.82, 2.24) is 25.2 Å². The van der Waals surface area contributed by atoms with Gasteiger partial charge in [0.15, 0.2) is 5.82 Å². The molecule has 0 aliphatic rings. The molecule has 7 nitrogen and oxygen atoms in total. The summed E-state index contributed by atoms with van der Waals surface area (Å²) < 4.78 is 1.65. The summed E-state index contributed by atoms with van der Waals surface area (Å²) in [6, 6.07) is 5.57. The normalized spacial score (nSPS) is 12.2. The lowest BCUT2D eigenvalue weighted by Gasteiger charge is -2.15. The van der Waals surface area contributed by atoms with Crippen molar-refractivity contribution in [3.63, 3.8) is 0 Å². The summed E-state index contributed by atoms with van der Waals surface area (Å²) in [6.45, 7) is 2.02. The van der Waals surface area contributed by atoms with Crippen molar-refractivity contribution in [1.29, 1.82) is 0 Å². The van der Waals surface area contributed by atoms with Gasteiger partial charge in [0.25, 0.3) is 0 Å². The Bertz CT molecular complexity index is 570. The number of pyridine rings is 1. The Morgan fingerprint density at radius 3 is 2.90 bits per heavy atom. The van der Waals surface area contributed by atoms with E-state index in [1.165, 1.54) is 0 Å². The predicted molar refractivity (Wildman–Crippen MR) is 75.7 cm³/mol. The average Bonchev–Trinajstić information content (AvgIpc) is 2.94. The third-order valence-electron chi connectivity index (χ3n) is 3.27. The fourth-order valence-corrected chi connectivity index (χ4v) is 2.29. The van der Waals surface area contributed by atoms with Crippen LogP contribution in [0.1, 0.15) is 43.7 Å². The van der Waals surface area contributed by atoms with E-state index in [1.807, 2.05) is 25.1 Å². The van der Waals surface area contributed by atoms with Gasteiger partial charge in [-0.3, -0.25) is 9.78 Å². The second-order valence-electron chi connectivity index (χ2n) is 4.90. The van der Waals surface area contributed by atoms with Gasteiger partial charge in [0, 0.05) is 18.3 Å². The number of rotatable bonds is 8. The summed E-state index contributed by atoms with van der Waals surface area (Å²) in [5.74, 6) is -0.125. The van der Waals surface area contributed by atoms with Gasteiger partial charge in [-0.25, -0.2) is 4.68 Å². The number of tetrazole rings is 1. The van der Waals surface area contributed by atoms with Crippen LogP contribution in [0.2, 0.25) is 0 Å². The van der Waals surface area contributed by atoms with Crippen LogP contribution in [0.5, 0.6) is 0 Å². The van der Waals surface area contributed by atoms with Gasteiger partial charge in [-0.1, -0.05) is 19.4 Å². The molecule has 0 bridgehead atoms. The van der Waals surface area contributed by atoms with Gasteiger partial charge >= 0.3 is 5.97 Å². The standard InChI is InChI=1S/C14H19N5O2/c1-2-5-12(10-14(20)21)19-13(16-17-18-19)8-7-11-6-3-4-9-15-11/h3-4,6,9,12H,2,5,7-8,10H2,1H3,(H,20,21). The molecule has 1 N–H and O–H groups in total. The van der Waals surface area contributed by atoms with Crippen LogP contribution in [0.25, 0.3) is 0 Å². The Kier molecular flexibility index (Phi) is 5.36. The summed E-state index contributed by atoms with van der Waals surface area (Å²) in [6.07, 6.45) is 4.79. The summed E-state index contributed by atoms with van der Waals surface area (Å²) in [7, 11) is 0. The molecular formula is C14H19N5O2. The van der Waals surface area contributed by atoms with Gasteiger partial charge in [-0.15, -0.1) is 5.10 Å². The molecule has 2 aromatic rings. The zero-order valence-electron chi connectivity index (χ0n) is 12.0. The minimum Gasteiger partial charge on any atom is -0.481 e. The van der Waals surface area contributed by atoms with Gasteiger partial charge in [0.1, 0.15) is 0 Å². The predicted octanol–water partition coefficient (Wildman–Crippen LogP) is 1.67. The van der Waals surface area contributed by atoms with E-state index in [1.54, 1.807) is 10.9 Å². The van der Waals surface area contributed by atoms with Crippen molar-refractivity contribution in [3.8, 4) is 0 Å². The van der Waals surface area contributed by atoms with Crippen LogP contribution in [-0.2, 0) is 17.6 Å². The molecule has 0 aliphatic carbocycles. The maximum absolute atomic E-state index is 11.0. The van der Waals surface area contributed by atoms with Crippen molar-refractivity contribution in [2.45, 2.75) is 45.1 Å². The van der Waals surface area contributed by atoms with E-state index >= 15 is 0 Å². The Morgan fingerprint density at radius 2 is 2.24 bits per heavy atom. The molecule has 0 fully saturated rings. The van der Waals surface area contributed by atoms with E-state index < -0.39 is 5.97 Å². The number of hydrogen-bond acceptors (Lipinski definition) is 5. The molecule has 2 rings (SSSR count). The number of carboxylic acids is 1. The monoisotopic (exact) mass is 289 g/mol. The molecule has 112 valence electrons. The first-order valence-corrected chi connectivity index (χ1v) is 7.09. The highest BCUT2D eigenvalue weighted by molar-refractivity contribution is 5.67. The minimum absolute atomic E-state index is 0.0372. The van der Waals surface area contributed by atoms with Crippen molar-refractivity contribution in [2.24, 2.45) is 0 Å². The first kappa shape index (κ1) is 15.1. The number of carboxylic acid groups (broad SMARTS) is 1. The van der Waals surface area contributed by atoms with Crippen LogP contribution in [0.3, 0.4) is 0 Å². The molecule has 2 heterocycles. The summed E-state index contributed by atoms with van der Waals surface area (Å²) in [5.41, 5.74) is 0.970. The second-order valence-corrected chi connectivity index (χ2v) is 4.90. The topological polar surface area (TPSA) is 93.8 Å². The first-order valence-electron chi connectivity index (χ1n) is 7.09. The molecule has 2 aromatic heterocycles. The Labute approximate surface area is 123 Å². The summed E-state index contributed by atoms with van der Waals surface area (Å²) in [5, 5.41) is 20.7. The second kappa shape index (κ2) is 7.47. The first-order chi connectivity index (χ1) is 10.2. The molecule has 21 heavy (non-hydrogen) atoms. The van der Waals surface area contributed by atoms with Crippen molar-refractivity contribution in [3.05, 3.63) is 35.9 Å².